The molecular formula is C5H12N2. The van der Waals surface area contributed by atoms with Gasteiger partial charge in [0.05, 0.1) is 0 Å². The van der Waals surface area contributed by atoms with E-state index in [9.17, 15) is 0 Å². The highest BCUT2D eigenvalue weighted by Crippen LogP contribution is 2.09. The van der Waals surface area contributed by atoms with Crippen LogP contribution in [-0.4, -0.2) is 18.6 Å². The summed E-state index contributed by atoms with van der Waals surface area (Å²) in [4.78, 5) is 0. The van der Waals surface area contributed by atoms with Gasteiger partial charge < -0.3 is 11.1 Å². The lowest BCUT2D eigenvalue weighted by Gasteiger charge is -2.38. The first-order chi connectivity index (χ1) is 3.27. The molecule has 0 unspecified atom stereocenters. The fraction of sp³-hybridized carbons (Fsp3) is 1.00. The smallest absolute Gasteiger partial charge is 0.0404 e. The van der Waals surface area contributed by atoms with Crippen LogP contribution in [0.2, 0.25) is 0 Å². The van der Waals surface area contributed by atoms with E-state index in [1.807, 2.05) is 0 Å². The lowest BCUT2D eigenvalue weighted by molar-refractivity contribution is 0.272. The summed E-state index contributed by atoms with van der Waals surface area (Å²) >= 11 is 0. The maximum absolute atomic E-state index is 5.74. The van der Waals surface area contributed by atoms with Crippen molar-refractivity contribution in [3.63, 3.8) is 0 Å². The number of rotatable bonds is 1. The first-order valence-electron chi connectivity index (χ1n) is 2.76. The normalized spacial score (nSPS) is 26.6. The number of nitrogens with two attached hydrogens (primary N) is 1. The molecule has 0 aromatic heterocycles. The molecule has 1 aliphatic rings. The zero-order chi connectivity index (χ0) is 5.33. The average Bonchev–Trinajstić information content (AvgIpc) is 1.61. The van der Waals surface area contributed by atoms with Crippen LogP contribution < -0.4 is 11.1 Å². The highest BCUT2D eigenvalue weighted by atomic mass is 15.1. The molecule has 3 N–H and O–H groups in total. The minimum atomic E-state index is 0.153. The molecule has 0 aliphatic carbocycles. The summed E-state index contributed by atoms with van der Waals surface area (Å²) in [6.07, 6.45) is 1.10. The van der Waals surface area contributed by atoms with E-state index in [0.717, 1.165) is 19.5 Å². The van der Waals surface area contributed by atoms with Crippen molar-refractivity contribution in [3.05, 3.63) is 0 Å². The third-order valence-electron chi connectivity index (χ3n) is 1.66. The molecule has 1 heterocycles. The minimum Gasteiger partial charge on any atom is -0.323 e. The van der Waals surface area contributed by atoms with Crippen LogP contribution in [0.1, 0.15) is 13.3 Å². The molecule has 1 aliphatic heterocycles. The van der Waals surface area contributed by atoms with E-state index in [4.69, 9.17) is 5.73 Å². The highest BCUT2D eigenvalue weighted by Gasteiger charge is 2.29. The Hall–Kier alpha value is -0.0800. The lowest BCUT2D eigenvalue weighted by atomic mass is 9.91. The number of hydrogen-bond acceptors (Lipinski definition) is 2. The van der Waals surface area contributed by atoms with Crippen molar-refractivity contribution in [2.24, 2.45) is 5.73 Å². The van der Waals surface area contributed by atoms with Crippen molar-refractivity contribution in [1.29, 1.82) is 0 Å². The average molecular weight is 100 g/mol. The van der Waals surface area contributed by atoms with Gasteiger partial charge in [0, 0.05) is 18.6 Å². The molecule has 1 saturated heterocycles. The van der Waals surface area contributed by atoms with Gasteiger partial charge >= 0.3 is 0 Å². The molecule has 0 spiro atoms. The van der Waals surface area contributed by atoms with Crippen molar-refractivity contribution < 1.29 is 0 Å². The molecule has 0 aromatic carbocycles. The fourth-order valence-electron chi connectivity index (χ4n) is 0.696. The summed E-state index contributed by atoms with van der Waals surface area (Å²) in [5, 5.41) is 3.13. The van der Waals surface area contributed by atoms with Crippen molar-refractivity contribution in [2.45, 2.75) is 18.9 Å². The third-order valence-corrected chi connectivity index (χ3v) is 1.66. The van der Waals surface area contributed by atoms with Crippen LogP contribution in [0.4, 0.5) is 0 Å². The van der Waals surface area contributed by atoms with Crippen LogP contribution in [-0.2, 0) is 0 Å². The second-order valence-corrected chi connectivity index (χ2v) is 2.32. The molecule has 7 heavy (non-hydrogen) atoms. The Morgan fingerprint density at radius 2 is 2.29 bits per heavy atom. The maximum Gasteiger partial charge on any atom is 0.0404 e. The molecule has 0 saturated carbocycles. The van der Waals surface area contributed by atoms with Gasteiger partial charge in [0.2, 0.25) is 0 Å². The van der Waals surface area contributed by atoms with Crippen molar-refractivity contribution >= 4 is 0 Å². The Morgan fingerprint density at radius 3 is 2.29 bits per heavy atom. The van der Waals surface area contributed by atoms with Crippen LogP contribution in [0, 0.1) is 0 Å². The number of hydrogen-bond donors (Lipinski definition) is 2. The Bertz CT molecular complexity index is 61.0. The van der Waals surface area contributed by atoms with Gasteiger partial charge in [-0.15, -0.1) is 0 Å². The predicted molar refractivity (Wildman–Crippen MR) is 30.1 cm³/mol. The van der Waals surface area contributed by atoms with Gasteiger partial charge in [0.25, 0.3) is 0 Å². The zero-order valence-electron chi connectivity index (χ0n) is 4.70. The molecule has 0 radical (unpaired) electrons. The first-order valence-corrected chi connectivity index (χ1v) is 2.76. The van der Waals surface area contributed by atoms with Gasteiger partial charge in [-0.25, -0.2) is 0 Å². The van der Waals surface area contributed by atoms with E-state index in [1.165, 1.54) is 0 Å². The monoisotopic (exact) mass is 100 g/mol. The van der Waals surface area contributed by atoms with Crippen LogP contribution in [0.3, 0.4) is 0 Å². The van der Waals surface area contributed by atoms with E-state index < -0.39 is 0 Å². The van der Waals surface area contributed by atoms with Crippen molar-refractivity contribution in [1.82, 2.24) is 5.32 Å². The zero-order valence-corrected chi connectivity index (χ0v) is 4.70. The molecule has 2 nitrogen and oxygen atoms in total. The first kappa shape index (κ1) is 5.06. The topological polar surface area (TPSA) is 38.0 Å². The Kier molecular flexibility index (Phi) is 1.05. The van der Waals surface area contributed by atoms with Gasteiger partial charge in [-0.05, 0) is 6.42 Å². The predicted octanol–water partition coefficient (Wildman–Crippen LogP) is -0.303. The summed E-state index contributed by atoms with van der Waals surface area (Å²) in [5.41, 5.74) is 5.89. The van der Waals surface area contributed by atoms with Crippen molar-refractivity contribution in [3.8, 4) is 0 Å². The molecule has 0 atom stereocenters. The van der Waals surface area contributed by atoms with E-state index in [1.54, 1.807) is 0 Å². The second kappa shape index (κ2) is 1.46. The van der Waals surface area contributed by atoms with E-state index in [0.29, 0.717) is 0 Å². The maximum atomic E-state index is 5.74. The number of nitrogens with one attached hydrogen (secondary N) is 1. The summed E-state index contributed by atoms with van der Waals surface area (Å²) in [7, 11) is 0. The van der Waals surface area contributed by atoms with Gasteiger partial charge in [0.1, 0.15) is 0 Å². The molecule has 2 heteroatoms. The Morgan fingerprint density at radius 1 is 1.71 bits per heavy atom. The van der Waals surface area contributed by atoms with E-state index >= 15 is 0 Å². The van der Waals surface area contributed by atoms with Crippen LogP contribution in [0.25, 0.3) is 0 Å². The highest BCUT2D eigenvalue weighted by molar-refractivity contribution is 4.95. The molecule has 1 rings (SSSR count). The van der Waals surface area contributed by atoms with Gasteiger partial charge in [-0.3, -0.25) is 0 Å². The summed E-state index contributed by atoms with van der Waals surface area (Å²) in [5.74, 6) is 0. The quantitative estimate of drug-likeness (QED) is 0.474. The van der Waals surface area contributed by atoms with Crippen LogP contribution in [0.5, 0.6) is 0 Å². The Labute approximate surface area is 44.1 Å². The lowest BCUT2D eigenvalue weighted by Crippen LogP contribution is -2.65. The van der Waals surface area contributed by atoms with Gasteiger partial charge in [-0.2, -0.15) is 0 Å². The largest absolute Gasteiger partial charge is 0.323 e. The molecule has 0 aromatic rings. The molecular weight excluding hydrogens is 88.1 g/mol. The third kappa shape index (κ3) is 0.763. The molecule has 42 valence electrons. The fourth-order valence-corrected chi connectivity index (χ4v) is 0.696. The summed E-state index contributed by atoms with van der Waals surface area (Å²) in [6.45, 7) is 4.13. The Balaban J connectivity index is 2.29. The summed E-state index contributed by atoms with van der Waals surface area (Å²) < 4.78 is 0. The van der Waals surface area contributed by atoms with Gasteiger partial charge in [-0.1, -0.05) is 6.92 Å². The minimum absolute atomic E-state index is 0.153. The van der Waals surface area contributed by atoms with Crippen LogP contribution >= 0.6 is 0 Å². The summed E-state index contributed by atoms with van der Waals surface area (Å²) in [6, 6.07) is 0. The van der Waals surface area contributed by atoms with Gasteiger partial charge in [0.15, 0.2) is 0 Å². The standard InChI is InChI=1S/C5H12N2/c1-2-5(6)3-7-4-5/h7H,2-4,6H2,1H3. The van der Waals surface area contributed by atoms with E-state index in [-0.39, 0.29) is 5.54 Å². The SMILES string of the molecule is CCC1(N)CNC1. The molecule has 0 amide bonds. The second-order valence-electron chi connectivity index (χ2n) is 2.32. The molecule has 1 fully saturated rings. The molecule has 0 bridgehead atoms. The van der Waals surface area contributed by atoms with Crippen LogP contribution in [0.15, 0.2) is 0 Å². The van der Waals surface area contributed by atoms with Crippen molar-refractivity contribution in [2.75, 3.05) is 13.1 Å². The van der Waals surface area contributed by atoms with E-state index in [2.05, 4.69) is 12.2 Å².